The Balaban J connectivity index is 1.21. The number of aromatic nitrogens is 6. The predicted molar refractivity (Wildman–Crippen MR) is 141 cm³/mol. The Kier molecular flexibility index (Phi) is 5.27. The smallest absolute Gasteiger partial charge is 0.177 e. The van der Waals surface area contributed by atoms with E-state index in [2.05, 4.69) is 83.6 Å². The van der Waals surface area contributed by atoms with E-state index in [0.29, 0.717) is 5.82 Å². The summed E-state index contributed by atoms with van der Waals surface area (Å²) in [5, 5.41) is 8.50. The molecule has 4 heterocycles. The highest BCUT2D eigenvalue weighted by molar-refractivity contribution is 7.21. The van der Waals surface area contributed by atoms with Crippen molar-refractivity contribution < 1.29 is 0 Å². The second-order valence-electron chi connectivity index (χ2n) is 8.33. The Hall–Kier alpha value is -4.43. The first-order chi connectivity index (χ1) is 17.1. The monoisotopic (exact) mass is 475 g/mol. The average molecular weight is 476 g/mol. The molecule has 0 atom stereocenters. The van der Waals surface area contributed by atoms with Crippen molar-refractivity contribution in [1.29, 1.82) is 0 Å². The van der Waals surface area contributed by atoms with Crippen LogP contribution in [0.1, 0.15) is 0 Å². The van der Waals surface area contributed by atoms with Crippen LogP contribution < -0.4 is 4.90 Å². The molecule has 0 aliphatic rings. The van der Waals surface area contributed by atoms with Crippen molar-refractivity contribution in [3.8, 4) is 44.5 Å². The molecule has 170 valence electrons. The molecule has 1 N–H and O–H groups in total. The number of aromatic amines is 1. The third-order valence-corrected chi connectivity index (χ3v) is 6.84. The highest BCUT2D eigenvalue weighted by Crippen LogP contribution is 2.31. The molecule has 0 amide bonds. The molecule has 6 aromatic rings. The van der Waals surface area contributed by atoms with Gasteiger partial charge in [0.15, 0.2) is 11.5 Å². The number of H-pyrrole nitrogens is 1. The van der Waals surface area contributed by atoms with Crippen molar-refractivity contribution in [2.45, 2.75) is 0 Å². The van der Waals surface area contributed by atoms with Crippen LogP contribution in [-0.2, 0) is 0 Å². The van der Waals surface area contributed by atoms with Gasteiger partial charge in [-0.05, 0) is 35.9 Å². The van der Waals surface area contributed by atoms with Gasteiger partial charge >= 0.3 is 0 Å². The van der Waals surface area contributed by atoms with Crippen molar-refractivity contribution in [1.82, 2.24) is 30.1 Å². The number of pyridine rings is 1. The molecule has 0 saturated carbocycles. The number of benzene rings is 2. The first-order valence-electron chi connectivity index (χ1n) is 11.1. The molecule has 0 spiro atoms. The van der Waals surface area contributed by atoms with E-state index < -0.39 is 0 Å². The van der Waals surface area contributed by atoms with E-state index in [0.717, 1.165) is 54.7 Å². The van der Waals surface area contributed by atoms with Crippen molar-refractivity contribution in [3.05, 3.63) is 85.3 Å². The first kappa shape index (κ1) is 21.1. The van der Waals surface area contributed by atoms with E-state index in [1.165, 1.54) is 0 Å². The minimum atomic E-state index is 0.607. The Labute approximate surface area is 206 Å². The second kappa shape index (κ2) is 8.73. The maximum atomic E-state index is 4.64. The van der Waals surface area contributed by atoms with E-state index in [-0.39, 0.29) is 0 Å². The van der Waals surface area contributed by atoms with Gasteiger partial charge in [0.05, 0.1) is 10.4 Å². The summed E-state index contributed by atoms with van der Waals surface area (Å²) in [6.07, 6.45) is 5.45. The van der Waals surface area contributed by atoms with Crippen LogP contribution in [0.3, 0.4) is 0 Å². The van der Waals surface area contributed by atoms with E-state index in [1.807, 2.05) is 44.7 Å². The molecule has 6 rings (SSSR count). The molecule has 0 unspecified atom stereocenters. The van der Waals surface area contributed by atoms with Crippen LogP contribution >= 0.6 is 11.3 Å². The Morgan fingerprint density at radius 2 is 1.49 bits per heavy atom. The summed E-state index contributed by atoms with van der Waals surface area (Å²) in [6, 6.07) is 22.5. The summed E-state index contributed by atoms with van der Waals surface area (Å²) >= 11 is 1.64. The maximum Gasteiger partial charge on any atom is 0.177 e. The minimum absolute atomic E-state index is 0.607. The summed E-state index contributed by atoms with van der Waals surface area (Å²) in [7, 11) is 4.06. The molecule has 0 bridgehead atoms. The number of nitrogens with zero attached hydrogens (tertiary/aromatic N) is 6. The topological polar surface area (TPSA) is 83.5 Å². The van der Waals surface area contributed by atoms with Crippen molar-refractivity contribution >= 4 is 27.4 Å². The molecule has 2 aromatic carbocycles. The Morgan fingerprint density at radius 1 is 0.771 bits per heavy atom. The number of hydrogen-bond acceptors (Lipinski definition) is 7. The lowest BCUT2D eigenvalue weighted by Gasteiger charge is -2.12. The Morgan fingerprint density at radius 3 is 2.20 bits per heavy atom. The molecule has 0 fully saturated rings. The summed E-state index contributed by atoms with van der Waals surface area (Å²) in [4.78, 5) is 20.2. The molecule has 0 aliphatic heterocycles. The second-order valence-corrected chi connectivity index (χ2v) is 9.36. The van der Waals surface area contributed by atoms with Crippen molar-refractivity contribution in [2.24, 2.45) is 0 Å². The third kappa shape index (κ3) is 4.15. The van der Waals surface area contributed by atoms with Crippen molar-refractivity contribution in [3.63, 3.8) is 0 Å². The van der Waals surface area contributed by atoms with Crippen LogP contribution in [-0.4, -0.2) is 44.2 Å². The summed E-state index contributed by atoms with van der Waals surface area (Å²) in [5.74, 6) is 0.607. The number of hydrogen-bond donors (Lipinski definition) is 1. The number of anilines is 1. The molecule has 0 radical (unpaired) electrons. The molecule has 35 heavy (non-hydrogen) atoms. The Bertz CT molecular complexity index is 1570. The number of nitrogens with one attached hydrogen (secondary N) is 1. The van der Waals surface area contributed by atoms with Gasteiger partial charge in [-0.15, -0.1) is 11.3 Å². The van der Waals surface area contributed by atoms with Gasteiger partial charge in [-0.2, -0.15) is 5.10 Å². The van der Waals surface area contributed by atoms with Crippen molar-refractivity contribution in [2.75, 3.05) is 19.0 Å². The van der Waals surface area contributed by atoms with Gasteiger partial charge in [-0.25, -0.2) is 19.9 Å². The van der Waals surface area contributed by atoms with Crippen LogP contribution in [0.4, 0.5) is 5.69 Å². The first-order valence-corrected chi connectivity index (χ1v) is 11.9. The zero-order valence-electron chi connectivity index (χ0n) is 19.2. The fourth-order valence-corrected chi connectivity index (χ4v) is 4.76. The van der Waals surface area contributed by atoms with Crippen LogP contribution in [0.5, 0.6) is 0 Å². The van der Waals surface area contributed by atoms with Crippen LogP contribution in [0, 0.1) is 0 Å². The minimum Gasteiger partial charge on any atom is -0.378 e. The summed E-state index contributed by atoms with van der Waals surface area (Å²) in [5.41, 5.74) is 7.67. The van der Waals surface area contributed by atoms with Gasteiger partial charge in [0.1, 0.15) is 10.7 Å². The quantitative estimate of drug-likeness (QED) is 0.332. The van der Waals surface area contributed by atoms with Gasteiger partial charge in [-0.3, -0.25) is 5.10 Å². The van der Waals surface area contributed by atoms with Crippen LogP contribution in [0.15, 0.2) is 85.3 Å². The standard InChI is InChI=1S/C27H21N7S/c1-34(2)21-11-9-17(10-12-21)20-15-29-25(30-16-20)23-14-22(32-33-23)18-5-7-19(8-6-18)27-31-26-24(35-27)4-3-13-28-26/h3-16H,1-2H3,(H,32,33). The lowest BCUT2D eigenvalue weighted by atomic mass is 10.1. The maximum absolute atomic E-state index is 4.64. The van der Waals surface area contributed by atoms with Crippen LogP contribution in [0.25, 0.3) is 54.8 Å². The molecule has 7 nitrogen and oxygen atoms in total. The van der Waals surface area contributed by atoms with E-state index in [4.69, 9.17) is 0 Å². The third-order valence-electron chi connectivity index (χ3n) is 5.78. The highest BCUT2D eigenvalue weighted by atomic mass is 32.1. The fraction of sp³-hybridized carbons (Fsp3) is 0.0741. The number of thiazole rings is 1. The predicted octanol–water partition coefficient (Wildman–Crippen LogP) is 5.94. The van der Waals surface area contributed by atoms with Gasteiger partial charge in [-0.1, -0.05) is 36.4 Å². The SMILES string of the molecule is CN(C)c1ccc(-c2cnc(-c3cc(-c4ccc(-c5nc6ncccc6s5)cc4)n[nH]3)nc2)cc1. The zero-order valence-corrected chi connectivity index (χ0v) is 20.0. The van der Waals surface area contributed by atoms with Gasteiger partial charge < -0.3 is 4.90 Å². The van der Waals surface area contributed by atoms with Crippen LogP contribution in [0.2, 0.25) is 0 Å². The van der Waals surface area contributed by atoms with E-state index in [9.17, 15) is 0 Å². The van der Waals surface area contributed by atoms with E-state index >= 15 is 0 Å². The largest absolute Gasteiger partial charge is 0.378 e. The number of rotatable bonds is 5. The molecular weight excluding hydrogens is 454 g/mol. The average Bonchev–Trinajstić information content (AvgIpc) is 3.57. The normalized spacial score (nSPS) is 11.1. The fourth-order valence-electron chi connectivity index (χ4n) is 3.83. The zero-order chi connectivity index (χ0) is 23.8. The lowest BCUT2D eigenvalue weighted by molar-refractivity contribution is 1.07. The van der Waals surface area contributed by atoms with E-state index in [1.54, 1.807) is 17.5 Å². The van der Waals surface area contributed by atoms with Gasteiger partial charge in [0.2, 0.25) is 0 Å². The van der Waals surface area contributed by atoms with Gasteiger partial charge in [0.25, 0.3) is 0 Å². The molecule has 8 heteroatoms. The summed E-state index contributed by atoms with van der Waals surface area (Å²) in [6.45, 7) is 0. The highest BCUT2D eigenvalue weighted by Gasteiger charge is 2.11. The lowest BCUT2D eigenvalue weighted by Crippen LogP contribution is -2.07. The molecule has 0 saturated heterocycles. The number of fused-ring (bicyclic) bond motifs is 1. The molecular formula is C27H21N7S. The van der Waals surface area contributed by atoms with Gasteiger partial charge in [0, 0.05) is 55.1 Å². The summed E-state index contributed by atoms with van der Waals surface area (Å²) < 4.78 is 1.08. The molecule has 4 aromatic heterocycles. The molecule has 0 aliphatic carbocycles.